The number of carbonyl (C=O) groups excluding carboxylic acids is 4. The van der Waals surface area contributed by atoms with Crippen LogP contribution >= 0.6 is 0 Å². The lowest BCUT2D eigenvalue weighted by Crippen LogP contribution is -2.31. The molecule has 3 aromatic carbocycles. The van der Waals surface area contributed by atoms with Crippen LogP contribution in [0.1, 0.15) is 58.4 Å². The van der Waals surface area contributed by atoms with Crippen LogP contribution in [-0.2, 0) is 14.3 Å². The molecule has 1 saturated carbocycles. The molecule has 3 aromatic rings. The van der Waals surface area contributed by atoms with Gasteiger partial charge in [-0.05, 0) is 55.9 Å². The second kappa shape index (κ2) is 9.90. The lowest BCUT2D eigenvalue weighted by molar-refractivity contribution is -0.122. The topological polar surface area (TPSA) is 80.8 Å². The average Bonchev–Trinajstić information content (AvgIpc) is 3.18. The SMILES string of the molecule is C[C@H](OC(=O)c1cccc(N2C(=O)[C@H]3C[C@H](c4ccccc4)CC[C@H]3C2=O)c1)C(=O)c1ccccc1. The van der Waals surface area contributed by atoms with E-state index in [4.69, 9.17) is 4.74 Å². The molecular formula is C30H27NO5. The number of hydrogen-bond donors (Lipinski definition) is 0. The predicted octanol–water partition coefficient (Wildman–Crippen LogP) is 5.19. The van der Waals surface area contributed by atoms with E-state index in [2.05, 4.69) is 12.1 Å². The summed E-state index contributed by atoms with van der Waals surface area (Å²) in [6.45, 7) is 1.53. The van der Waals surface area contributed by atoms with E-state index in [-0.39, 0.29) is 40.9 Å². The average molecular weight is 482 g/mol. The van der Waals surface area contributed by atoms with Crippen molar-refractivity contribution < 1.29 is 23.9 Å². The quantitative estimate of drug-likeness (QED) is 0.275. The molecule has 0 radical (unpaired) electrons. The van der Waals surface area contributed by atoms with Crippen LogP contribution in [0, 0.1) is 11.8 Å². The van der Waals surface area contributed by atoms with Crippen LogP contribution in [0.3, 0.4) is 0 Å². The largest absolute Gasteiger partial charge is 0.451 e. The highest BCUT2D eigenvalue weighted by molar-refractivity contribution is 6.22. The van der Waals surface area contributed by atoms with Gasteiger partial charge in [0, 0.05) is 5.56 Å². The van der Waals surface area contributed by atoms with Crippen LogP contribution in [0.5, 0.6) is 0 Å². The Morgan fingerprint density at radius 2 is 1.44 bits per heavy atom. The molecule has 4 atom stereocenters. The molecule has 2 aliphatic rings. The fourth-order valence-electron chi connectivity index (χ4n) is 5.35. The molecule has 36 heavy (non-hydrogen) atoms. The summed E-state index contributed by atoms with van der Waals surface area (Å²) in [5, 5.41) is 0. The minimum Gasteiger partial charge on any atom is -0.451 e. The number of Topliss-reactive ketones (excluding diaryl/α,β-unsaturated/α-hetero) is 1. The molecule has 6 nitrogen and oxygen atoms in total. The van der Waals surface area contributed by atoms with Crippen molar-refractivity contribution in [3.8, 4) is 0 Å². The molecule has 5 rings (SSSR count). The van der Waals surface area contributed by atoms with Gasteiger partial charge in [-0.25, -0.2) is 4.79 Å². The third-order valence-corrected chi connectivity index (χ3v) is 7.25. The van der Waals surface area contributed by atoms with Crippen molar-refractivity contribution in [2.75, 3.05) is 4.90 Å². The molecule has 0 aromatic heterocycles. The summed E-state index contributed by atoms with van der Waals surface area (Å²) in [7, 11) is 0. The van der Waals surface area contributed by atoms with Crippen molar-refractivity contribution in [2.45, 2.75) is 38.2 Å². The Morgan fingerprint density at radius 3 is 2.17 bits per heavy atom. The number of amides is 2. The second-order valence-corrected chi connectivity index (χ2v) is 9.47. The Labute approximate surface area is 209 Å². The number of ketones is 1. The van der Waals surface area contributed by atoms with E-state index in [0.717, 1.165) is 6.42 Å². The van der Waals surface area contributed by atoms with E-state index < -0.39 is 12.1 Å². The summed E-state index contributed by atoms with van der Waals surface area (Å²) in [6, 6.07) is 25.0. The molecule has 1 aliphatic heterocycles. The molecule has 1 heterocycles. The summed E-state index contributed by atoms with van der Waals surface area (Å²) in [4.78, 5) is 53.2. The number of imide groups is 1. The van der Waals surface area contributed by atoms with Crippen LogP contribution in [0.15, 0.2) is 84.9 Å². The number of rotatable bonds is 6. The second-order valence-electron chi connectivity index (χ2n) is 9.47. The minimum absolute atomic E-state index is 0.179. The van der Waals surface area contributed by atoms with Gasteiger partial charge in [0.1, 0.15) is 0 Å². The molecule has 182 valence electrons. The van der Waals surface area contributed by atoms with E-state index in [9.17, 15) is 19.2 Å². The summed E-state index contributed by atoms with van der Waals surface area (Å²) >= 11 is 0. The lowest BCUT2D eigenvalue weighted by Gasteiger charge is -2.28. The number of fused-ring (bicyclic) bond motifs is 1. The van der Waals surface area contributed by atoms with Gasteiger partial charge in [-0.2, -0.15) is 0 Å². The van der Waals surface area contributed by atoms with Crippen LogP contribution in [0.2, 0.25) is 0 Å². The van der Waals surface area contributed by atoms with Gasteiger partial charge >= 0.3 is 5.97 Å². The van der Waals surface area contributed by atoms with Crippen LogP contribution < -0.4 is 4.90 Å². The third kappa shape index (κ3) is 4.47. The molecule has 0 unspecified atom stereocenters. The normalized spacial score (nSPS) is 22.1. The Kier molecular flexibility index (Phi) is 6.51. The zero-order valence-corrected chi connectivity index (χ0v) is 20.0. The summed E-state index contributed by atoms with van der Waals surface area (Å²) in [6.07, 6.45) is 1.18. The van der Waals surface area contributed by atoms with Crippen LogP contribution in [0.25, 0.3) is 0 Å². The molecule has 1 saturated heterocycles. The van der Waals surface area contributed by atoms with Gasteiger partial charge in [0.25, 0.3) is 0 Å². The number of carbonyl (C=O) groups is 4. The fraction of sp³-hybridized carbons (Fsp3) is 0.267. The maximum absolute atomic E-state index is 13.4. The van der Waals surface area contributed by atoms with Gasteiger partial charge in [-0.3, -0.25) is 19.3 Å². The summed E-state index contributed by atoms with van der Waals surface area (Å²) in [5.41, 5.74) is 2.18. The van der Waals surface area contributed by atoms with Crippen molar-refractivity contribution in [3.05, 3.63) is 102 Å². The van der Waals surface area contributed by atoms with Crippen molar-refractivity contribution >= 4 is 29.3 Å². The zero-order chi connectivity index (χ0) is 25.2. The first-order chi connectivity index (χ1) is 17.4. The Morgan fingerprint density at radius 1 is 0.806 bits per heavy atom. The molecule has 0 N–H and O–H groups in total. The summed E-state index contributed by atoms with van der Waals surface area (Å²) < 4.78 is 5.40. The number of esters is 1. The van der Waals surface area contributed by atoms with Crippen LogP contribution in [0.4, 0.5) is 5.69 Å². The van der Waals surface area contributed by atoms with Gasteiger partial charge in [0.15, 0.2) is 6.10 Å². The zero-order valence-electron chi connectivity index (χ0n) is 20.0. The van der Waals surface area contributed by atoms with Crippen molar-refractivity contribution in [1.29, 1.82) is 0 Å². The Bertz CT molecular complexity index is 1300. The van der Waals surface area contributed by atoms with Gasteiger partial charge < -0.3 is 4.74 Å². The van der Waals surface area contributed by atoms with Gasteiger partial charge in [0.2, 0.25) is 17.6 Å². The van der Waals surface area contributed by atoms with E-state index in [1.54, 1.807) is 48.5 Å². The maximum Gasteiger partial charge on any atom is 0.338 e. The van der Waals surface area contributed by atoms with E-state index in [1.807, 2.05) is 18.2 Å². The number of anilines is 1. The van der Waals surface area contributed by atoms with Crippen molar-refractivity contribution in [1.82, 2.24) is 0 Å². The third-order valence-electron chi connectivity index (χ3n) is 7.25. The molecule has 2 amide bonds. The van der Waals surface area contributed by atoms with Gasteiger partial charge in [-0.15, -0.1) is 0 Å². The molecule has 0 bridgehead atoms. The van der Waals surface area contributed by atoms with Crippen molar-refractivity contribution in [3.63, 3.8) is 0 Å². The highest BCUT2D eigenvalue weighted by atomic mass is 16.5. The molecule has 0 spiro atoms. The fourth-order valence-corrected chi connectivity index (χ4v) is 5.35. The highest BCUT2D eigenvalue weighted by Gasteiger charge is 2.50. The number of ether oxygens (including phenoxy) is 1. The Balaban J connectivity index is 1.31. The van der Waals surface area contributed by atoms with Gasteiger partial charge in [0.05, 0.1) is 23.1 Å². The molecule has 6 heteroatoms. The first-order valence-electron chi connectivity index (χ1n) is 12.3. The predicted molar refractivity (Wildman–Crippen MR) is 135 cm³/mol. The van der Waals surface area contributed by atoms with E-state index in [1.165, 1.54) is 23.5 Å². The van der Waals surface area contributed by atoms with Crippen molar-refractivity contribution in [2.24, 2.45) is 11.8 Å². The smallest absolute Gasteiger partial charge is 0.338 e. The lowest BCUT2D eigenvalue weighted by atomic mass is 9.73. The first kappa shape index (κ1) is 23.7. The number of hydrogen-bond acceptors (Lipinski definition) is 5. The summed E-state index contributed by atoms with van der Waals surface area (Å²) in [5.74, 6) is -1.88. The number of nitrogens with zero attached hydrogens (tertiary/aromatic N) is 1. The Hall–Kier alpha value is -4.06. The van der Waals surface area contributed by atoms with Crippen LogP contribution in [-0.4, -0.2) is 29.7 Å². The van der Waals surface area contributed by atoms with E-state index in [0.29, 0.717) is 24.1 Å². The number of benzene rings is 3. The first-order valence-corrected chi connectivity index (χ1v) is 12.3. The monoisotopic (exact) mass is 481 g/mol. The minimum atomic E-state index is -0.976. The molecular weight excluding hydrogens is 454 g/mol. The maximum atomic E-state index is 13.4. The highest BCUT2D eigenvalue weighted by Crippen LogP contribution is 2.45. The molecule has 2 fully saturated rings. The van der Waals surface area contributed by atoms with E-state index >= 15 is 0 Å². The standard InChI is InChI=1S/C30H27NO5/c1-19(27(32)21-11-6-3-7-12-21)36-30(35)23-13-8-14-24(17-23)31-28(33)25-16-15-22(18-26(25)29(31)34)20-9-4-2-5-10-20/h2-14,17,19,22,25-26H,15-16,18H2,1H3/t19-,22+,25+,26-/m0/s1. The molecule has 1 aliphatic carbocycles. The van der Waals surface area contributed by atoms with Gasteiger partial charge in [-0.1, -0.05) is 66.7 Å².